The van der Waals surface area contributed by atoms with Crippen LogP contribution in [0.15, 0.2) is 42.5 Å². The van der Waals surface area contributed by atoms with E-state index in [1.807, 2.05) is 0 Å². The smallest absolute Gasteiger partial charge is 0.170 e. The second kappa shape index (κ2) is 9.52. The standard InChI is InChI=1S/C28H37ClN3PS/c1-30-27-17-16-22(29)20-26(27)28-25-15-9-8-10-21(25)18-19-31(28)33(30,34)32(23-11-4-2-5-12-23)24-13-6-3-7-14-24/h8-10,15-17,20,23-24,28H,2-7,11-14,18-19H2,1H3. The van der Waals surface area contributed by atoms with Crippen molar-refractivity contribution in [3.05, 3.63) is 64.2 Å². The molecule has 2 atom stereocenters. The van der Waals surface area contributed by atoms with Crippen LogP contribution in [-0.2, 0) is 18.2 Å². The summed E-state index contributed by atoms with van der Waals surface area (Å²) in [6, 6.07) is 17.0. The van der Waals surface area contributed by atoms with Crippen molar-refractivity contribution in [3.63, 3.8) is 0 Å². The molecule has 2 aromatic rings. The molecule has 182 valence electrons. The van der Waals surface area contributed by atoms with E-state index in [1.54, 1.807) is 0 Å². The fraction of sp³-hybridized carbons (Fsp3) is 0.571. The zero-order chi connectivity index (χ0) is 23.3. The molecule has 0 N–H and O–H groups in total. The number of halogens is 1. The lowest BCUT2D eigenvalue weighted by Gasteiger charge is -2.60. The minimum Gasteiger partial charge on any atom is -0.323 e. The van der Waals surface area contributed by atoms with Gasteiger partial charge >= 0.3 is 0 Å². The molecule has 2 unspecified atom stereocenters. The molecular formula is C28H37ClN3PS. The monoisotopic (exact) mass is 513 g/mol. The summed E-state index contributed by atoms with van der Waals surface area (Å²) in [5.74, 6) is 0. The van der Waals surface area contributed by atoms with Crippen LogP contribution in [-0.4, -0.2) is 35.0 Å². The van der Waals surface area contributed by atoms with Crippen LogP contribution in [0.2, 0.25) is 5.02 Å². The van der Waals surface area contributed by atoms with Gasteiger partial charge in [0, 0.05) is 36.4 Å². The van der Waals surface area contributed by atoms with Gasteiger partial charge in [0.25, 0.3) is 0 Å². The first-order valence-corrected chi connectivity index (χ1v) is 16.4. The third-order valence-corrected chi connectivity index (χ3v) is 14.3. The Hall–Kier alpha value is -0.900. The second-order valence-corrected chi connectivity index (χ2v) is 15.2. The van der Waals surface area contributed by atoms with E-state index in [4.69, 9.17) is 23.4 Å². The number of nitrogens with zero attached hydrogens (tertiary/aromatic N) is 3. The Morgan fingerprint density at radius 2 is 1.53 bits per heavy atom. The predicted molar refractivity (Wildman–Crippen MR) is 148 cm³/mol. The Morgan fingerprint density at radius 1 is 0.882 bits per heavy atom. The van der Waals surface area contributed by atoms with Crippen LogP contribution in [0.3, 0.4) is 0 Å². The van der Waals surface area contributed by atoms with E-state index >= 15 is 0 Å². The van der Waals surface area contributed by atoms with Gasteiger partial charge in [-0.3, -0.25) is 0 Å². The number of anilines is 1. The van der Waals surface area contributed by atoms with E-state index < -0.39 is 6.49 Å². The molecular weight excluding hydrogens is 477 g/mol. The fourth-order valence-electron chi connectivity index (χ4n) is 7.22. The molecule has 0 radical (unpaired) electrons. The SMILES string of the molecule is CN1c2ccc(Cl)cc2C2c3ccccc3CCN2P1(=S)N(C1CCCCC1)C1CCCCC1. The summed E-state index contributed by atoms with van der Waals surface area (Å²) in [5.41, 5.74) is 5.53. The van der Waals surface area contributed by atoms with Gasteiger partial charge in [-0.05, 0) is 78.8 Å². The molecule has 3 nitrogen and oxygen atoms in total. The summed E-state index contributed by atoms with van der Waals surface area (Å²) in [6.07, 6.45) is 14.5. The summed E-state index contributed by atoms with van der Waals surface area (Å²) in [5, 5.41) is 0.821. The molecule has 0 aromatic heterocycles. The number of rotatable bonds is 3. The molecule has 0 bridgehead atoms. The van der Waals surface area contributed by atoms with Crippen LogP contribution in [0.4, 0.5) is 5.69 Å². The summed E-state index contributed by atoms with van der Waals surface area (Å²) in [7, 11) is 2.29. The Morgan fingerprint density at radius 3 is 2.21 bits per heavy atom. The highest BCUT2D eigenvalue weighted by Gasteiger charge is 2.51. The minimum atomic E-state index is -2.20. The summed E-state index contributed by atoms with van der Waals surface area (Å²) >= 11 is 13.6. The lowest BCUT2D eigenvalue weighted by molar-refractivity contribution is 0.161. The average molecular weight is 514 g/mol. The zero-order valence-electron chi connectivity index (χ0n) is 20.3. The first-order valence-electron chi connectivity index (χ1n) is 13.4. The van der Waals surface area contributed by atoms with Crippen molar-refractivity contribution in [1.29, 1.82) is 0 Å². The number of hydrogen-bond donors (Lipinski definition) is 0. The van der Waals surface area contributed by atoms with Gasteiger partial charge in [-0.25, -0.2) is 9.34 Å². The molecule has 6 rings (SSSR count). The Labute approximate surface area is 215 Å². The highest BCUT2D eigenvalue weighted by Crippen LogP contribution is 2.69. The second-order valence-electron chi connectivity index (χ2n) is 10.7. The topological polar surface area (TPSA) is 9.72 Å². The molecule has 2 aliphatic carbocycles. The summed E-state index contributed by atoms with van der Waals surface area (Å²) < 4.78 is 8.27. The zero-order valence-corrected chi connectivity index (χ0v) is 22.8. The van der Waals surface area contributed by atoms with Crippen molar-refractivity contribution >= 4 is 35.6 Å². The van der Waals surface area contributed by atoms with E-state index in [9.17, 15) is 0 Å². The highest BCUT2D eigenvalue weighted by atomic mass is 35.5. The van der Waals surface area contributed by atoms with Crippen molar-refractivity contribution in [2.24, 2.45) is 0 Å². The lowest BCUT2D eigenvalue weighted by Crippen LogP contribution is -2.53. The van der Waals surface area contributed by atoms with E-state index in [0.29, 0.717) is 12.1 Å². The number of fused-ring (bicyclic) bond motifs is 5. The van der Waals surface area contributed by atoms with Gasteiger partial charge < -0.3 is 4.67 Å². The predicted octanol–water partition coefficient (Wildman–Crippen LogP) is 7.93. The van der Waals surface area contributed by atoms with Gasteiger partial charge in [-0.15, -0.1) is 0 Å². The average Bonchev–Trinajstić information content (AvgIpc) is 2.88. The van der Waals surface area contributed by atoms with Crippen molar-refractivity contribution in [2.45, 2.75) is 88.8 Å². The first-order chi connectivity index (χ1) is 16.6. The van der Waals surface area contributed by atoms with Crippen molar-refractivity contribution in [3.8, 4) is 0 Å². The Kier molecular flexibility index (Phi) is 6.58. The molecule has 2 aromatic carbocycles. The molecule has 0 amide bonds. The van der Waals surface area contributed by atoms with E-state index in [-0.39, 0.29) is 6.04 Å². The number of hydrogen-bond acceptors (Lipinski definition) is 1. The first kappa shape index (κ1) is 23.5. The quantitative estimate of drug-likeness (QED) is 0.385. The fourth-order valence-corrected chi connectivity index (χ4v) is 12.6. The largest absolute Gasteiger partial charge is 0.323 e. The minimum absolute atomic E-state index is 0.204. The lowest BCUT2D eigenvalue weighted by atomic mass is 9.89. The maximum atomic E-state index is 7.05. The van der Waals surface area contributed by atoms with E-state index in [1.165, 1.54) is 86.6 Å². The van der Waals surface area contributed by atoms with Gasteiger partial charge in [-0.2, -0.15) is 0 Å². The van der Waals surface area contributed by atoms with Crippen LogP contribution in [0.5, 0.6) is 0 Å². The highest BCUT2D eigenvalue weighted by molar-refractivity contribution is 8.13. The van der Waals surface area contributed by atoms with Crippen molar-refractivity contribution in [2.75, 3.05) is 18.3 Å². The van der Waals surface area contributed by atoms with Gasteiger partial charge in [0.1, 0.15) is 0 Å². The van der Waals surface area contributed by atoms with E-state index in [2.05, 4.69) is 63.5 Å². The molecule has 6 heteroatoms. The molecule has 2 aliphatic heterocycles. The molecule has 0 saturated heterocycles. The molecule has 34 heavy (non-hydrogen) atoms. The molecule has 2 saturated carbocycles. The van der Waals surface area contributed by atoms with E-state index in [0.717, 1.165) is 18.0 Å². The molecule has 0 spiro atoms. The summed E-state index contributed by atoms with van der Waals surface area (Å²) in [6.45, 7) is -1.16. The maximum Gasteiger partial charge on any atom is 0.170 e. The normalized spacial score (nSPS) is 28.4. The third-order valence-electron chi connectivity index (χ3n) is 8.81. The van der Waals surface area contributed by atoms with Crippen molar-refractivity contribution < 1.29 is 0 Å². The van der Waals surface area contributed by atoms with Crippen LogP contribution in [0.1, 0.15) is 86.9 Å². The molecule has 2 heterocycles. The molecule has 2 fully saturated rings. The van der Waals surface area contributed by atoms with Gasteiger partial charge in [0.15, 0.2) is 6.49 Å². The van der Waals surface area contributed by atoms with Crippen LogP contribution in [0.25, 0.3) is 0 Å². The van der Waals surface area contributed by atoms with Crippen molar-refractivity contribution in [1.82, 2.24) is 9.34 Å². The molecule has 4 aliphatic rings. The maximum absolute atomic E-state index is 7.05. The third kappa shape index (κ3) is 3.80. The van der Waals surface area contributed by atoms with Crippen LogP contribution in [0, 0.1) is 0 Å². The number of benzene rings is 2. The van der Waals surface area contributed by atoms with Gasteiger partial charge in [-0.1, -0.05) is 74.4 Å². The van der Waals surface area contributed by atoms with Crippen LogP contribution < -0.4 is 4.67 Å². The summed E-state index contributed by atoms with van der Waals surface area (Å²) in [4.78, 5) is 0. The van der Waals surface area contributed by atoms with Gasteiger partial charge in [0.05, 0.1) is 6.04 Å². The van der Waals surface area contributed by atoms with Gasteiger partial charge in [0.2, 0.25) is 0 Å². The Balaban J connectivity index is 1.54. The Bertz CT molecular complexity index is 1080. The van der Waals surface area contributed by atoms with Crippen LogP contribution >= 0.6 is 18.1 Å².